The summed E-state index contributed by atoms with van der Waals surface area (Å²) in [6, 6.07) is 0. The molecule has 88 valence electrons. The van der Waals surface area contributed by atoms with Crippen molar-refractivity contribution in [3.63, 3.8) is 0 Å². The van der Waals surface area contributed by atoms with Crippen LogP contribution in [-0.4, -0.2) is 40.7 Å². The van der Waals surface area contributed by atoms with Crippen LogP contribution in [-0.2, 0) is 9.53 Å². The molecule has 2 aliphatic rings. The van der Waals surface area contributed by atoms with Crippen LogP contribution in [0, 0.1) is 10.1 Å². The van der Waals surface area contributed by atoms with Gasteiger partial charge in [-0.05, 0) is 19.3 Å². The molecule has 1 fully saturated rings. The Bertz CT molecular complexity index is 325. The molecule has 0 aromatic rings. The van der Waals surface area contributed by atoms with Crippen LogP contribution in [0.15, 0.2) is 11.9 Å². The molecule has 0 aromatic heterocycles. The number of hydrazine groups is 1. The topological polar surface area (TPSA) is 75.9 Å². The van der Waals surface area contributed by atoms with Gasteiger partial charge in [0.25, 0.3) is 5.70 Å². The first kappa shape index (κ1) is 10.9. The zero-order valence-electron chi connectivity index (χ0n) is 8.74. The van der Waals surface area contributed by atoms with Crippen LogP contribution in [0.5, 0.6) is 0 Å². The Morgan fingerprint density at radius 2 is 2.38 bits per heavy atom. The second-order valence-electron chi connectivity index (χ2n) is 3.78. The van der Waals surface area contributed by atoms with Crippen LogP contribution >= 0.6 is 0 Å². The Kier molecular flexibility index (Phi) is 3.04. The number of hydrogen-bond acceptors (Lipinski definition) is 5. The number of nitro groups is 1. The standard InChI is InChI=1S/C9H13N3O4/c13-7-10-5-8(12(14)15)6-11(10)9-3-1-2-4-16-9/h6-7,9H,1-5H2. The first-order valence-electron chi connectivity index (χ1n) is 5.19. The van der Waals surface area contributed by atoms with Gasteiger partial charge in [0.05, 0.1) is 11.1 Å². The largest absolute Gasteiger partial charge is 0.357 e. The normalized spacial score (nSPS) is 25.5. The molecule has 0 N–H and O–H groups in total. The summed E-state index contributed by atoms with van der Waals surface area (Å²) >= 11 is 0. The second kappa shape index (κ2) is 4.48. The summed E-state index contributed by atoms with van der Waals surface area (Å²) in [4.78, 5) is 20.9. The van der Waals surface area contributed by atoms with E-state index in [9.17, 15) is 14.9 Å². The lowest BCUT2D eigenvalue weighted by Crippen LogP contribution is -2.44. The van der Waals surface area contributed by atoms with E-state index >= 15 is 0 Å². The molecule has 0 saturated carbocycles. The molecule has 1 saturated heterocycles. The number of ether oxygens (including phenoxy) is 1. The van der Waals surface area contributed by atoms with Crippen molar-refractivity contribution in [1.82, 2.24) is 10.0 Å². The second-order valence-corrected chi connectivity index (χ2v) is 3.78. The molecule has 16 heavy (non-hydrogen) atoms. The van der Waals surface area contributed by atoms with Crippen LogP contribution in [0.2, 0.25) is 0 Å². The summed E-state index contributed by atoms with van der Waals surface area (Å²) in [5.74, 6) is 0. The molecule has 0 aromatic carbocycles. The average Bonchev–Trinajstić information content (AvgIpc) is 2.74. The molecule has 7 nitrogen and oxygen atoms in total. The minimum absolute atomic E-state index is 0.0103. The average molecular weight is 227 g/mol. The predicted octanol–water partition coefficient (Wildman–Crippen LogP) is 0.320. The van der Waals surface area contributed by atoms with Crippen molar-refractivity contribution in [2.75, 3.05) is 13.2 Å². The van der Waals surface area contributed by atoms with Crippen molar-refractivity contribution < 1.29 is 14.5 Å². The Morgan fingerprint density at radius 1 is 1.56 bits per heavy atom. The molecular formula is C9H13N3O4. The molecule has 0 bridgehead atoms. The number of hydrogen-bond donors (Lipinski definition) is 0. The molecule has 0 spiro atoms. The summed E-state index contributed by atoms with van der Waals surface area (Å²) in [6.45, 7) is 0.645. The van der Waals surface area contributed by atoms with Crippen LogP contribution in [0.25, 0.3) is 0 Å². The van der Waals surface area contributed by atoms with Gasteiger partial charge in [0.2, 0.25) is 6.41 Å². The van der Waals surface area contributed by atoms with Gasteiger partial charge in [-0.2, -0.15) is 0 Å². The maximum absolute atomic E-state index is 10.8. The van der Waals surface area contributed by atoms with Gasteiger partial charge >= 0.3 is 0 Å². The Labute approximate surface area is 92.4 Å². The number of carbonyl (C=O) groups excluding carboxylic acids is 1. The Hall–Kier alpha value is -1.63. The van der Waals surface area contributed by atoms with Crippen molar-refractivity contribution in [1.29, 1.82) is 0 Å². The molecular weight excluding hydrogens is 214 g/mol. The van der Waals surface area contributed by atoms with Crippen LogP contribution in [0.3, 0.4) is 0 Å². The van der Waals surface area contributed by atoms with E-state index < -0.39 is 4.92 Å². The van der Waals surface area contributed by atoms with E-state index in [4.69, 9.17) is 4.74 Å². The predicted molar refractivity (Wildman–Crippen MR) is 53.3 cm³/mol. The lowest BCUT2D eigenvalue weighted by atomic mass is 10.2. The van der Waals surface area contributed by atoms with Crippen LogP contribution in [0.4, 0.5) is 0 Å². The van der Waals surface area contributed by atoms with Crippen LogP contribution in [0.1, 0.15) is 19.3 Å². The highest BCUT2D eigenvalue weighted by Gasteiger charge is 2.34. The lowest BCUT2D eigenvalue weighted by molar-refractivity contribution is -0.425. The van der Waals surface area contributed by atoms with Gasteiger partial charge in [0.15, 0.2) is 0 Å². The van der Waals surface area contributed by atoms with Gasteiger partial charge in [0.1, 0.15) is 12.8 Å². The Morgan fingerprint density at radius 3 is 2.94 bits per heavy atom. The maximum Gasteiger partial charge on any atom is 0.285 e. The van der Waals surface area contributed by atoms with E-state index in [2.05, 4.69) is 0 Å². The fourth-order valence-electron chi connectivity index (χ4n) is 1.89. The van der Waals surface area contributed by atoms with E-state index in [0.29, 0.717) is 13.0 Å². The molecule has 1 unspecified atom stereocenters. The molecule has 0 aliphatic carbocycles. The first-order valence-corrected chi connectivity index (χ1v) is 5.19. The number of nitrogens with zero attached hydrogens (tertiary/aromatic N) is 3. The van der Waals surface area contributed by atoms with Gasteiger partial charge in [-0.15, -0.1) is 0 Å². The van der Waals surface area contributed by atoms with Gasteiger partial charge < -0.3 is 4.74 Å². The maximum atomic E-state index is 10.8. The van der Waals surface area contributed by atoms with Gasteiger partial charge in [-0.25, -0.2) is 5.01 Å². The van der Waals surface area contributed by atoms with Crippen LogP contribution < -0.4 is 0 Å². The fraction of sp³-hybridized carbons (Fsp3) is 0.667. The van der Waals surface area contributed by atoms with Crippen molar-refractivity contribution in [2.24, 2.45) is 0 Å². The summed E-state index contributed by atoms with van der Waals surface area (Å²) in [7, 11) is 0. The van der Waals surface area contributed by atoms with E-state index in [1.807, 2.05) is 0 Å². The first-order chi connectivity index (χ1) is 7.72. The summed E-state index contributed by atoms with van der Waals surface area (Å²) < 4.78 is 5.48. The Balaban J connectivity index is 2.10. The van der Waals surface area contributed by atoms with E-state index in [-0.39, 0.29) is 18.5 Å². The molecule has 2 aliphatic heterocycles. The number of carbonyl (C=O) groups is 1. The van der Waals surface area contributed by atoms with E-state index in [1.165, 1.54) is 16.2 Å². The third-order valence-corrected chi connectivity index (χ3v) is 2.71. The van der Waals surface area contributed by atoms with Crippen molar-refractivity contribution in [3.05, 3.63) is 22.0 Å². The summed E-state index contributed by atoms with van der Waals surface area (Å²) in [5, 5.41) is 13.4. The SMILES string of the molecule is O=CN1CC([N+](=O)[O-])=CN1C1CCCCO1. The molecule has 2 heterocycles. The van der Waals surface area contributed by atoms with E-state index in [1.54, 1.807) is 0 Å². The van der Waals surface area contributed by atoms with Crippen molar-refractivity contribution in [2.45, 2.75) is 25.5 Å². The monoisotopic (exact) mass is 227 g/mol. The van der Waals surface area contributed by atoms with E-state index in [0.717, 1.165) is 19.3 Å². The summed E-state index contributed by atoms with van der Waals surface area (Å²) in [5.41, 5.74) is 0.0151. The molecule has 7 heteroatoms. The third-order valence-electron chi connectivity index (χ3n) is 2.71. The highest BCUT2D eigenvalue weighted by Crippen LogP contribution is 2.23. The zero-order valence-corrected chi connectivity index (χ0v) is 8.74. The van der Waals surface area contributed by atoms with Gasteiger partial charge in [-0.1, -0.05) is 0 Å². The fourth-order valence-corrected chi connectivity index (χ4v) is 1.89. The van der Waals surface area contributed by atoms with Crippen molar-refractivity contribution in [3.8, 4) is 0 Å². The van der Waals surface area contributed by atoms with Gasteiger partial charge in [0, 0.05) is 6.61 Å². The molecule has 1 atom stereocenters. The smallest absolute Gasteiger partial charge is 0.285 e. The summed E-state index contributed by atoms with van der Waals surface area (Å²) in [6.07, 6.45) is 4.50. The number of amides is 1. The minimum atomic E-state index is -0.473. The lowest BCUT2D eigenvalue weighted by Gasteiger charge is -2.34. The van der Waals surface area contributed by atoms with Crippen molar-refractivity contribution >= 4 is 6.41 Å². The highest BCUT2D eigenvalue weighted by atomic mass is 16.6. The quantitative estimate of drug-likeness (QED) is 0.394. The van der Waals surface area contributed by atoms with Gasteiger partial charge in [-0.3, -0.25) is 19.9 Å². The third kappa shape index (κ3) is 1.99. The highest BCUT2D eigenvalue weighted by molar-refractivity contribution is 5.48. The minimum Gasteiger partial charge on any atom is -0.357 e. The number of rotatable bonds is 3. The molecule has 2 rings (SSSR count). The molecule has 0 radical (unpaired) electrons. The molecule has 1 amide bonds. The zero-order chi connectivity index (χ0) is 11.5.